The maximum Gasteiger partial charge on any atom is 0.154 e. The van der Waals surface area contributed by atoms with Crippen molar-refractivity contribution in [1.82, 2.24) is 4.98 Å². The number of rotatable bonds is 5. The first-order valence-corrected chi connectivity index (χ1v) is 7.91. The quantitative estimate of drug-likeness (QED) is 0.599. The van der Waals surface area contributed by atoms with E-state index in [0.717, 1.165) is 35.5 Å². The third-order valence-corrected chi connectivity index (χ3v) is 3.82. The minimum absolute atomic E-state index is 0.805. The highest BCUT2D eigenvalue weighted by molar-refractivity contribution is 6.02. The molecule has 0 bridgehead atoms. The predicted molar refractivity (Wildman–Crippen MR) is 96.4 cm³/mol. The van der Waals surface area contributed by atoms with Crippen molar-refractivity contribution in [2.75, 3.05) is 0 Å². The number of benzene rings is 2. The van der Waals surface area contributed by atoms with Crippen LogP contribution in [-0.4, -0.2) is 10.7 Å². The van der Waals surface area contributed by atoms with Crippen molar-refractivity contribution in [1.29, 1.82) is 0 Å². The summed E-state index contributed by atoms with van der Waals surface area (Å²) < 4.78 is 0. The zero-order valence-electron chi connectivity index (χ0n) is 13.3. The van der Waals surface area contributed by atoms with Crippen molar-refractivity contribution in [2.24, 2.45) is 4.99 Å². The van der Waals surface area contributed by atoms with E-state index in [2.05, 4.69) is 53.5 Å². The van der Waals surface area contributed by atoms with Crippen LogP contribution < -0.4 is 0 Å². The fourth-order valence-electron chi connectivity index (χ4n) is 2.52. The number of aryl methyl sites for hydroxylation is 2. The lowest BCUT2D eigenvalue weighted by Gasteiger charge is -2.08. The minimum atomic E-state index is 0.805. The molecule has 2 aromatic carbocycles. The fourth-order valence-corrected chi connectivity index (χ4v) is 2.52. The van der Waals surface area contributed by atoms with Crippen LogP contribution in [0, 0.1) is 6.92 Å². The molecule has 0 saturated heterocycles. The first kappa shape index (κ1) is 15.2. The highest BCUT2D eigenvalue weighted by atomic mass is 14.9. The Labute approximate surface area is 137 Å². The van der Waals surface area contributed by atoms with E-state index in [9.17, 15) is 0 Å². The fraction of sp³-hybridized carbons (Fsp3) is 0.143. The van der Waals surface area contributed by atoms with Crippen LogP contribution in [0.15, 0.2) is 84.0 Å². The molecule has 114 valence electrons. The van der Waals surface area contributed by atoms with Crippen molar-refractivity contribution >= 4 is 11.5 Å². The Morgan fingerprint density at radius 2 is 1.57 bits per heavy atom. The molecule has 0 radical (unpaired) electrons. The Balaban J connectivity index is 1.90. The summed E-state index contributed by atoms with van der Waals surface area (Å²) in [5.41, 5.74) is 4.67. The maximum absolute atomic E-state index is 4.85. The Bertz CT molecular complexity index is 777. The van der Waals surface area contributed by atoms with Crippen LogP contribution >= 0.6 is 0 Å². The molecule has 2 heteroatoms. The van der Waals surface area contributed by atoms with E-state index in [1.807, 2.05) is 31.2 Å². The topological polar surface area (TPSA) is 25.2 Å². The van der Waals surface area contributed by atoms with Gasteiger partial charge in [-0.05, 0) is 42.5 Å². The summed E-state index contributed by atoms with van der Waals surface area (Å²) in [5.74, 6) is 0.805. The average molecular weight is 300 g/mol. The molecule has 0 fully saturated rings. The van der Waals surface area contributed by atoms with Gasteiger partial charge in [0.2, 0.25) is 0 Å². The van der Waals surface area contributed by atoms with Crippen molar-refractivity contribution in [2.45, 2.75) is 19.8 Å². The van der Waals surface area contributed by atoms with E-state index in [0.29, 0.717) is 0 Å². The zero-order chi connectivity index (χ0) is 15.9. The molecule has 2 nitrogen and oxygen atoms in total. The van der Waals surface area contributed by atoms with Crippen molar-refractivity contribution in [3.8, 4) is 0 Å². The van der Waals surface area contributed by atoms with Gasteiger partial charge < -0.3 is 0 Å². The van der Waals surface area contributed by atoms with Crippen molar-refractivity contribution in [3.05, 3.63) is 95.7 Å². The molecule has 0 amide bonds. The zero-order valence-corrected chi connectivity index (χ0v) is 13.3. The third kappa shape index (κ3) is 4.13. The molecule has 0 aliphatic carbocycles. The summed E-state index contributed by atoms with van der Waals surface area (Å²) >= 11 is 0. The number of pyridine rings is 1. The summed E-state index contributed by atoms with van der Waals surface area (Å²) in [6.07, 6.45) is 3.66. The smallest absolute Gasteiger partial charge is 0.154 e. The lowest BCUT2D eigenvalue weighted by molar-refractivity contribution is 1.03. The van der Waals surface area contributed by atoms with Gasteiger partial charge in [-0.3, -0.25) is 0 Å². The molecule has 0 aliphatic rings. The monoisotopic (exact) mass is 300 g/mol. The van der Waals surface area contributed by atoms with Crippen molar-refractivity contribution in [3.63, 3.8) is 0 Å². The number of hydrogen-bond donors (Lipinski definition) is 0. The Hall–Kier alpha value is -2.74. The molecule has 23 heavy (non-hydrogen) atoms. The Kier molecular flexibility index (Phi) is 4.95. The summed E-state index contributed by atoms with van der Waals surface area (Å²) in [4.78, 5) is 9.26. The molecule has 3 rings (SSSR count). The van der Waals surface area contributed by atoms with Crippen LogP contribution in [0.5, 0.6) is 0 Å². The SMILES string of the molecule is Cc1cccnc1/N=C(/CCc1ccccc1)c1ccccc1. The molecule has 3 aromatic rings. The number of aromatic nitrogens is 1. The number of nitrogens with zero attached hydrogens (tertiary/aromatic N) is 2. The van der Waals surface area contributed by atoms with Gasteiger partial charge in [0.1, 0.15) is 0 Å². The Morgan fingerprint density at radius 1 is 0.870 bits per heavy atom. The molecule has 0 aliphatic heterocycles. The summed E-state index contributed by atoms with van der Waals surface area (Å²) in [7, 11) is 0. The summed E-state index contributed by atoms with van der Waals surface area (Å²) in [5, 5.41) is 0. The second kappa shape index (κ2) is 7.50. The Morgan fingerprint density at radius 3 is 2.26 bits per heavy atom. The molecule has 1 aromatic heterocycles. The van der Waals surface area contributed by atoms with Gasteiger partial charge in [-0.25, -0.2) is 9.98 Å². The predicted octanol–water partition coefficient (Wildman–Crippen LogP) is 5.14. The normalized spacial score (nSPS) is 11.4. The summed E-state index contributed by atoms with van der Waals surface area (Å²) in [6, 6.07) is 24.9. The highest BCUT2D eigenvalue weighted by Crippen LogP contribution is 2.18. The number of hydrogen-bond acceptors (Lipinski definition) is 2. The van der Waals surface area contributed by atoms with E-state index >= 15 is 0 Å². The van der Waals surface area contributed by atoms with E-state index in [1.165, 1.54) is 5.56 Å². The van der Waals surface area contributed by atoms with Gasteiger partial charge >= 0.3 is 0 Å². The first-order valence-electron chi connectivity index (χ1n) is 7.91. The summed E-state index contributed by atoms with van der Waals surface area (Å²) in [6.45, 7) is 2.05. The van der Waals surface area contributed by atoms with Crippen LogP contribution in [0.3, 0.4) is 0 Å². The molecular formula is C21H20N2. The van der Waals surface area contributed by atoms with Crippen LogP contribution in [0.25, 0.3) is 0 Å². The second-order valence-corrected chi connectivity index (χ2v) is 5.55. The first-order chi connectivity index (χ1) is 11.3. The third-order valence-electron chi connectivity index (χ3n) is 3.82. The van der Waals surface area contributed by atoms with Gasteiger partial charge in [-0.1, -0.05) is 66.7 Å². The van der Waals surface area contributed by atoms with E-state index < -0.39 is 0 Å². The molecule has 1 heterocycles. The molecule has 0 atom stereocenters. The maximum atomic E-state index is 4.85. The van der Waals surface area contributed by atoms with Gasteiger partial charge in [0, 0.05) is 6.20 Å². The molecule has 0 spiro atoms. The molecule has 0 saturated carbocycles. The average Bonchev–Trinajstić information content (AvgIpc) is 2.62. The second-order valence-electron chi connectivity index (χ2n) is 5.55. The van der Waals surface area contributed by atoms with Gasteiger partial charge in [0.15, 0.2) is 5.82 Å². The van der Waals surface area contributed by atoms with Crippen molar-refractivity contribution < 1.29 is 0 Å². The highest BCUT2D eigenvalue weighted by Gasteiger charge is 2.06. The lowest BCUT2D eigenvalue weighted by Crippen LogP contribution is -2.03. The molecule has 0 unspecified atom stereocenters. The lowest BCUT2D eigenvalue weighted by atomic mass is 10.0. The van der Waals surface area contributed by atoms with Crippen LogP contribution in [0.2, 0.25) is 0 Å². The molecule has 0 N–H and O–H groups in total. The van der Waals surface area contributed by atoms with Crippen LogP contribution in [0.4, 0.5) is 5.82 Å². The van der Waals surface area contributed by atoms with Gasteiger partial charge in [-0.15, -0.1) is 0 Å². The van der Waals surface area contributed by atoms with Gasteiger partial charge in [-0.2, -0.15) is 0 Å². The molecular weight excluding hydrogens is 280 g/mol. The van der Waals surface area contributed by atoms with Gasteiger partial charge in [0.25, 0.3) is 0 Å². The standard InChI is InChI=1S/C21H20N2/c1-17-9-8-16-22-21(17)23-20(19-12-6-3-7-13-19)15-14-18-10-4-2-5-11-18/h2-13,16H,14-15H2,1H3/b23-20-. The minimum Gasteiger partial charge on any atom is -0.237 e. The van der Waals surface area contributed by atoms with Crippen LogP contribution in [0.1, 0.15) is 23.1 Å². The number of aliphatic imine (C=N–C) groups is 1. The van der Waals surface area contributed by atoms with Gasteiger partial charge in [0.05, 0.1) is 5.71 Å². The van der Waals surface area contributed by atoms with E-state index in [-0.39, 0.29) is 0 Å². The van der Waals surface area contributed by atoms with Crippen LogP contribution in [-0.2, 0) is 6.42 Å². The van der Waals surface area contributed by atoms with E-state index in [4.69, 9.17) is 4.99 Å². The largest absolute Gasteiger partial charge is 0.237 e. The van der Waals surface area contributed by atoms with E-state index in [1.54, 1.807) is 6.20 Å².